The predicted molar refractivity (Wildman–Crippen MR) is 62.2 cm³/mol. The van der Waals surface area contributed by atoms with Crippen molar-refractivity contribution in [3.63, 3.8) is 0 Å². The summed E-state index contributed by atoms with van der Waals surface area (Å²) in [7, 11) is 0. The second kappa shape index (κ2) is 5.23. The number of pyridine rings is 1. The van der Waals surface area contributed by atoms with Crippen molar-refractivity contribution in [3.05, 3.63) is 29.8 Å². The fraction of sp³-hybridized carbons (Fsp3) is 0.500. The van der Waals surface area contributed by atoms with E-state index in [1.807, 2.05) is 0 Å². The van der Waals surface area contributed by atoms with E-state index in [4.69, 9.17) is 0 Å². The number of aromatic nitrogens is 1. The maximum Gasteiger partial charge on any atom is 0.273 e. The highest BCUT2D eigenvalue weighted by Gasteiger charge is 2.24. The lowest BCUT2D eigenvalue weighted by molar-refractivity contribution is 0.0928. The molecule has 92 valence electrons. The van der Waals surface area contributed by atoms with Crippen LogP contribution in [0.2, 0.25) is 0 Å². The van der Waals surface area contributed by atoms with Crippen LogP contribution in [0.15, 0.2) is 18.3 Å². The maximum atomic E-state index is 13.3. The van der Waals surface area contributed by atoms with Gasteiger partial charge in [-0.3, -0.25) is 4.79 Å². The normalized spacial score (nSPS) is 20.5. The van der Waals surface area contributed by atoms with Gasteiger partial charge in [0.05, 0.1) is 0 Å². The van der Waals surface area contributed by atoms with Crippen LogP contribution >= 0.6 is 0 Å². The van der Waals surface area contributed by atoms with Gasteiger partial charge in [0, 0.05) is 25.3 Å². The Morgan fingerprint density at radius 3 is 3.18 bits per heavy atom. The molecule has 1 amide bonds. The van der Waals surface area contributed by atoms with Crippen LogP contribution in [0.1, 0.15) is 23.8 Å². The summed E-state index contributed by atoms with van der Waals surface area (Å²) in [5.74, 6) is -0.999. The third-order valence-corrected chi connectivity index (χ3v) is 3.03. The van der Waals surface area contributed by atoms with Gasteiger partial charge in [-0.2, -0.15) is 0 Å². The highest BCUT2D eigenvalue weighted by molar-refractivity contribution is 5.92. The molecule has 1 saturated heterocycles. The monoisotopic (exact) mass is 237 g/mol. The molecule has 4 nitrogen and oxygen atoms in total. The first-order chi connectivity index (χ1) is 8.20. The van der Waals surface area contributed by atoms with Crippen LogP contribution in [0.3, 0.4) is 0 Å². The Morgan fingerprint density at radius 1 is 1.71 bits per heavy atom. The van der Waals surface area contributed by atoms with Crippen molar-refractivity contribution in [2.75, 3.05) is 19.6 Å². The third-order valence-electron chi connectivity index (χ3n) is 3.03. The minimum Gasteiger partial charge on any atom is -0.347 e. The SMILES string of the molecule is CCN1CCC(NC(=O)c2ncccc2F)C1. The summed E-state index contributed by atoms with van der Waals surface area (Å²) in [5, 5.41) is 2.82. The molecule has 0 bridgehead atoms. The summed E-state index contributed by atoms with van der Waals surface area (Å²) >= 11 is 0. The molecule has 5 heteroatoms. The van der Waals surface area contributed by atoms with Gasteiger partial charge in [0.25, 0.3) is 5.91 Å². The summed E-state index contributed by atoms with van der Waals surface area (Å²) in [6, 6.07) is 2.82. The zero-order valence-corrected chi connectivity index (χ0v) is 9.82. The fourth-order valence-corrected chi connectivity index (χ4v) is 2.04. The molecule has 0 saturated carbocycles. The van der Waals surface area contributed by atoms with Gasteiger partial charge in [-0.25, -0.2) is 9.37 Å². The zero-order valence-electron chi connectivity index (χ0n) is 9.82. The molecule has 1 aromatic rings. The fourth-order valence-electron chi connectivity index (χ4n) is 2.04. The summed E-state index contributed by atoms with van der Waals surface area (Å²) < 4.78 is 13.3. The van der Waals surface area contributed by atoms with Crippen molar-refractivity contribution in [1.82, 2.24) is 15.2 Å². The van der Waals surface area contributed by atoms with Crippen LogP contribution in [0.25, 0.3) is 0 Å². The molecule has 0 spiro atoms. The first-order valence-electron chi connectivity index (χ1n) is 5.84. The van der Waals surface area contributed by atoms with Gasteiger partial charge >= 0.3 is 0 Å². The number of likely N-dealkylation sites (N-methyl/N-ethyl adjacent to an activating group) is 1. The number of hydrogen-bond donors (Lipinski definition) is 1. The average molecular weight is 237 g/mol. The Labute approximate surface area is 99.8 Å². The van der Waals surface area contributed by atoms with Crippen LogP contribution in [0.5, 0.6) is 0 Å². The van der Waals surface area contributed by atoms with Crippen molar-refractivity contribution in [3.8, 4) is 0 Å². The molecule has 17 heavy (non-hydrogen) atoms. The molecule has 1 unspecified atom stereocenters. The molecule has 0 radical (unpaired) electrons. The van der Waals surface area contributed by atoms with Crippen molar-refractivity contribution in [1.29, 1.82) is 0 Å². The van der Waals surface area contributed by atoms with Gasteiger partial charge in [-0.15, -0.1) is 0 Å². The Hall–Kier alpha value is -1.49. The molecule has 1 aliphatic heterocycles. The number of nitrogens with one attached hydrogen (secondary N) is 1. The lowest BCUT2D eigenvalue weighted by Gasteiger charge is -2.14. The second-order valence-electron chi connectivity index (χ2n) is 4.19. The lowest BCUT2D eigenvalue weighted by atomic mass is 10.2. The maximum absolute atomic E-state index is 13.3. The van der Waals surface area contributed by atoms with Crippen molar-refractivity contribution in [2.45, 2.75) is 19.4 Å². The first kappa shape index (κ1) is 12.0. The first-order valence-corrected chi connectivity index (χ1v) is 5.84. The Morgan fingerprint density at radius 2 is 2.53 bits per heavy atom. The van der Waals surface area contributed by atoms with E-state index in [0.717, 1.165) is 26.1 Å². The van der Waals surface area contributed by atoms with Gasteiger partial charge in [-0.05, 0) is 25.1 Å². The topological polar surface area (TPSA) is 45.2 Å². The molecular formula is C12H16FN3O. The van der Waals surface area contributed by atoms with E-state index in [0.29, 0.717) is 0 Å². The molecule has 1 aromatic heterocycles. The van der Waals surface area contributed by atoms with E-state index < -0.39 is 11.7 Å². The van der Waals surface area contributed by atoms with E-state index in [1.165, 1.54) is 18.3 Å². The van der Waals surface area contributed by atoms with E-state index in [9.17, 15) is 9.18 Å². The van der Waals surface area contributed by atoms with E-state index in [-0.39, 0.29) is 11.7 Å². The number of carbonyl (C=O) groups is 1. The highest BCUT2D eigenvalue weighted by Crippen LogP contribution is 2.10. The molecule has 0 aliphatic carbocycles. The smallest absolute Gasteiger partial charge is 0.273 e. The minimum absolute atomic E-state index is 0.101. The molecule has 1 atom stereocenters. The van der Waals surface area contributed by atoms with E-state index in [1.54, 1.807) is 0 Å². The largest absolute Gasteiger partial charge is 0.347 e. The van der Waals surface area contributed by atoms with Gasteiger partial charge in [-0.1, -0.05) is 6.92 Å². The van der Waals surface area contributed by atoms with Gasteiger partial charge in [0.15, 0.2) is 11.5 Å². The summed E-state index contributed by atoms with van der Waals surface area (Å²) in [6.45, 7) is 4.87. The molecular weight excluding hydrogens is 221 g/mol. The third kappa shape index (κ3) is 2.79. The number of carbonyl (C=O) groups excluding carboxylic acids is 1. The van der Waals surface area contributed by atoms with Crippen molar-refractivity contribution in [2.24, 2.45) is 0 Å². The highest BCUT2D eigenvalue weighted by atomic mass is 19.1. The molecule has 2 heterocycles. The van der Waals surface area contributed by atoms with Gasteiger partial charge in [0.1, 0.15) is 0 Å². The molecule has 1 fully saturated rings. The van der Waals surface area contributed by atoms with Crippen molar-refractivity contribution >= 4 is 5.91 Å². The minimum atomic E-state index is -0.574. The Balaban J connectivity index is 1.96. The quantitative estimate of drug-likeness (QED) is 0.854. The van der Waals surface area contributed by atoms with Crippen LogP contribution in [0, 0.1) is 5.82 Å². The van der Waals surface area contributed by atoms with Crippen LogP contribution in [0.4, 0.5) is 4.39 Å². The molecule has 0 aromatic carbocycles. The Bertz CT molecular complexity index is 410. The van der Waals surface area contributed by atoms with Gasteiger partial charge < -0.3 is 10.2 Å². The summed E-state index contributed by atoms with van der Waals surface area (Å²) in [6.07, 6.45) is 2.33. The summed E-state index contributed by atoms with van der Waals surface area (Å²) in [5.41, 5.74) is -0.123. The molecule has 1 N–H and O–H groups in total. The number of rotatable bonds is 3. The Kier molecular flexibility index (Phi) is 3.68. The van der Waals surface area contributed by atoms with E-state index >= 15 is 0 Å². The van der Waals surface area contributed by atoms with Crippen LogP contribution in [-0.2, 0) is 0 Å². The van der Waals surface area contributed by atoms with Crippen molar-refractivity contribution < 1.29 is 9.18 Å². The van der Waals surface area contributed by atoms with Crippen LogP contribution < -0.4 is 5.32 Å². The lowest BCUT2D eigenvalue weighted by Crippen LogP contribution is -2.37. The number of hydrogen-bond acceptors (Lipinski definition) is 3. The standard InChI is InChI=1S/C12H16FN3O/c1-2-16-7-5-9(8-16)15-12(17)11-10(13)4-3-6-14-11/h3-4,6,9H,2,5,7-8H2,1H3,(H,15,17). The van der Waals surface area contributed by atoms with Gasteiger partial charge in [0.2, 0.25) is 0 Å². The molecule has 1 aliphatic rings. The number of nitrogens with zero attached hydrogens (tertiary/aromatic N) is 2. The number of halogens is 1. The summed E-state index contributed by atoms with van der Waals surface area (Å²) in [4.78, 5) is 17.8. The zero-order chi connectivity index (χ0) is 12.3. The molecule has 2 rings (SSSR count). The average Bonchev–Trinajstić information content (AvgIpc) is 2.77. The second-order valence-corrected chi connectivity index (χ2v) is 4.19. The number of likely N-dealkylation sites (tertiary alicyclic amines) is 1. The predicted octanol–water partition coefficient (Wildman–Crippen LogP) is 1.04. The van der Waals surface area contributed by atoms with E-state index in [2.05, 4.69) is 22.1 Å². The number of amides is 1. The van der Waals surface area contributed by atoms with Crippen LogP contribution in [-0.4, -0.2) is 41.5 Å².